The molecule has 0 saturated carbocycles. The first-order chi connectivity index (χ1) is 26.8. The number of hydrogen-bond acceptors (Lipinski definition) is 0. The van der Waals surface area contributed by atoms with Crippen molar-refractivity contribution in [2.45, 2.75) is 71.6 Å². The first-order valence-corrected chi connectivity index (χ1v) is 20.3. The number of para-hydroxylation sites is 2. The Labute approximate surface area is 330 Å². The molecule has 0 radical (unpaired) electrons. The molecule has 0 N–H and O–H groups in total. The van der Waals surface area contributed by atoms with Gasteiger partial charge in [-0.15, -0.1) is 0 Å². The van der Waals surface area contributed by atoms with E-state index in [4.69, 9.17) is 0 Å². The molecule has 2 heterocycles. The molecule has 5 aromatic carbocycles. The van der Waals surface area contributed by atoms with Crippen LogP contribution < -0.4 is 10.4 Å². The molecule has 56 heavy (non-hydrogen) atoms. The summed E-state index contributed by atoms with van der Waals surface area (Å²) in [6.07, 6.45) is 9.53. The molecular weight excluding hydrogens is 677 g/mol. The monoisotopic (exact) mass is 724 g/mol. The van der Waals surface area contributed by atoms with E-state index in [2.05, 4.69) is 210 Å². The number of hydrogen-bond donors (Lipinski definition) is 0. The predicted octanol–water partition coefficient (Wildman–Crippen LogP) is 12.3. The normalized spacial score (nSPS) is 18.1. The van der Waals surface area contributed by atoms with Gasteiger partial charge < -0.3 is 9.13 Å². The van der Waals surface area contributed by atoms with Gasteiger partial charge >= 0.3 is 0 Å². The maximum atomic E-state index is 2.56. The van der Waals surface area contributed by atoms with Crippen LogP contribution in [0.25, 0.3) is 73.2 Å². The van der Waals surface area contributed by atoms with E-state index in [0.29, 0.717) is 0 Å². The van der Waals surface area contributed by atoms with Crippen molar-refractivity contribution in [3.05, 3.63) is 172 Å². The number of fused-ring (bicyclic) bond motifs is 9. The van der Waals surface area contributed by atoms with Crippen LogP contribution in [-0.4, -0.2) is 9.13 Å². The number of benzene rings is 5. The van der Waals surface area contributed by atoms with E-state index in [9.17, 15) is 0 Å². The number of rotatable bonds is 3. The fraction of sp³-hybridized carbons (Fsp3) is 0.222. The lowest BCUT2D eigenvalue weighted by Crippen LogP contribution is -2.42. The first kappa shape index (κ1) is 33.5. The summed E-state index contributed by atoms with van der Waals surface area (Å²) in [5.41, 5.74) is 18.4. The average Bonchev–Trinajstić information content (AvgIpc) is 3.87. The van der Waals surface area contributed by atoms with Gasteiger partial charge in [0.2, 0.25) is 0 Å². The summed E-state index contributed by atoms with van der Waals surface area (Å²) in [6, 6.07) is 45.3. The van der Waals surface area contributed by atoms with Gasteiger partial charge in [0.25, 0.3) is 0 Å². The molecule has 0 spiro atoms. The second-order valence-electron chi connectivity index (χ2n) is 18.7. The van der Waals surface area contributed by atoms with Gasteiger partial charge in [-0.25, -0.2) is 0 Å². The Balaban J connectivity index is 1.23. The zero-order chi connectivity index (χ0) is 38.5. The van der Waals surface area contributed by atoms with Gasteiger partial charge in [0.05, 0.1) is 11.0 Å². The van der Waals surface area contributed by atoms with Crippen molar-refractivity contribution < 1.29 is 0 Å². The van der Waals surface area contributed by atoms with Crippen LogP contribution >= 0.6 is 0 Å². The van der Waals surface area contributed by atoms with E-state index in [1.807, 2.05) is 0 Å². The van der Waals surface area contributed by atoms with Crippen LogP contribution in [0.15, 0.2) is 139 Å². The maximum absolute atomic E-state index is 2.56. The minimum Gasteiger partial charge on any atom is -0.323 e. The summed E-state index contributed by atoms with van der Waals surface area (Å²) < 4.78 is 4.80. The molecule has 5 aliphatic rings. The third-order valence-corrected chi connectivity index (χ3v) is 15.2. The van der Waals surface area contributed by atoms with Gasteiger partial charge in [-0.2, -0.15) is 0 Å². The highest BCUT2D eigenvalue weighted by Gasteiger charge is 2.57. The Morgan fingerprint density at radius 1 is 0.536 bits per heavy atom. The Hall–Kier alpha value is -5.86. The summed E-state index contributed by atoms with van der Waals surface area (Å²) in [5, 5.41) is 5.30. The number of allylic oxidation sites excluding steroid dienone is 1. The molecule has 2 nitrogen and oxygen atoms in total. The Bertz CT molecular complexity index is 3100. The Morgan fingerprint density at radius 3 is 1.91 bits per heavy atom. The topological polar surface area (TPSA) is 9.86 Å². The van der Waals surface area contributed by atoms with Crippen molar-refractivity contribution in [1.29, 1.82) is 0 Å². The molecule has 0 saturated heterocycles. The van der Waals surface area contributed by atoms with Crippen molar-refractivity contribution in [3.63, 3.8) is 0 Å². The number of aromatic nitrogens is 2. The molecule has 6 aromatic rings. The van der Waals surface area contributed by atoms with Crippen molar-refractivity contribution in [1.82, 2.24) is 9.13 Å². The molecule has 1 aromatic heterocycles. The van der Waals surface area contributed by atoms with E-state index < -0.39 is 0 Å². The second-order valence-corrected chi connectivity index (χ2v) is 18.7. The van der Waals surface area contributed by atoms with Crippen molar-refractivity contribution >= 4 is 39.5 Å². The van der Waals surface area contributed by atoms with Crippen molar-refractivity contribution in [2.75, 3.05) is 0 Å². The summed E-state index contributed by atoms with van der Waals surface area (Å²) in [5.74, 6) is 0. The lowest BCUT2D eigenvalue weighted by atomic mass is 9.59. The third-order valence-electron chi connectivity index (χ3n) is 15.2. The zero-order valence-electron chi connectivity index (χ0n) is 33.8. The summed E-state index contributed by atoms with van der Waals surface area (Å²) >= 11 is 0. The van der Waals surface area contributed by atoms with Crippen molar-refractivity contribution in [2.24, 2.45) is 5.41 Å². The Kier molecular flexibility index (Phi) is 6.53. The van der Waals surface area contributed by atoms with Gasteiger partial charge in [0.15, 0.2) is 0 Å². The van der Waals surface area contributed by atoms with Gasteiger partial charge in [0.1, 0.15) is 0 Å². The van der Waals surface area contributed by atoms with Crippen LogP contribution in [0.4, 0.5) is 0 Å². The Morgan fingerprint density at radius 2 is 1.18 bits per heavy atom. The average molecular weight is 725 g/mol. The van der Waals surface area contributed by atoms with Crippen molar-refractivity contribution in [3.8, 4) is 33.6 Å². The van der Waals surface area contributed by atoms with Crippen LogP contribution in [0.5, 0.6) is 0 Å². The van der Waals surface area contributed by atoms with Crippen LogP contribution in [0, 0.1) is 5.41 Å². The van der Waals surface area contributed by atoms with E-state index in [-0.39, 0.29) is 21.7 Å². The highest BCUT2D eigenvalue weighted by molar-refractivity contribution is 6.13. The van der Waals surface area contributed by atoms with E-state index in [1.54, 1.807) is 0 Å². The van der Waals surface area contributed by atoms with E-state index in [1.165, 1.54) is 99.3 Å². The second kappa shape index (κ2) is 10.9. The largest absolute Gasteiger partial charge is 0.323 e. The quantitative estimate of drug-likeness (QED) is 0.172. The van der Waals surface area contributed by atoms with Gasteiger partial charge in [-0.1, -0.05) is 122 Å². The smallest absolute Gasteiger partial charge is 0.0544 e. The molecule has 1 aliphatic heterocycles. The first-order valence-electron chi connectivity index (χ1n) is 20.3. The summed E-state index contributed by atoms with van der Waals surface area (Å²) in [7, 11) is 0. The molecule has 0 unspecified atom stereocenters. The molecule has 0 bridgehead atoms. The minimum atomic E-state index is -0.214. The maximum Gasteiger partial charge on any atom is 0.0544 e. The molecule has 0 fully saturated rings. The summed E-state index contributed by atoms with van der Waals surface area (Å²) in [4.78, 5) is 0. The van der Waals surface area contributed by atoms with Gasteiger partial charge in [0, 0.05) is 45.5 Å². The van der Waals surface area contributed by atoms with Gasteiger partial charge in [-0.3, -0.25) is 0 Å². The van der Waals surface area contributed by atoms with Crippen LogP contribution in [0.2, 0.25) is 0 Å². The zero-order valence-corrected chi connectivity index (χ0v) is 33.8. The molecule has 4 aliphatic carbocycles. The lowest BCUT2D eigenvalue weighted by Gasteiger charge is -2.44. The van der Waals surface area contributed by atoms with Gasteiger partial charge in [-0.05, 0) is 144 Å². The van der Waals surface area contributed by atoms with Crippen LogP contribution in [-0.2, 0) is 16.2 Å². The minimum absolute atomic E-state index is 0.00914. The lowest BCUT2D eigenvalue weighted by molar-refractivity contribution is 0.125. The fourth-order valence-corrected chi connectivity index (χ4v) is 11.1. The molecular formula is C54H48N2. The third kappa shape index (κ3) is 4.12. The van der Waals surface area contributed by atoms with E-state index >= 15 is 0 Å². The fourth-order valence-electron chi connectivity index (χ4n) is 11.1. The summed E-state index contributed by atoms with van der Waals surface area (Å²) in [6.45, 7) is 19.6. The molecule has 0 amide bonds. The molecule has 274 valence electrons. The molecule has 11 rings (SSSR count). The standard InChI is InChI=1S/C54H48N2/c1-51(2)49-35(27-33-17-15-16-22-38(33)49)29-42-48(39-25-26-55(32-43(39)50(42)51)36-18-11-9-12-19-36)34-23-24-46-40(28-34)41-30-44-45(53(5,6)54(7,8)52(44,3)4)31-47(41)56(46)37-20-13-10-14-21-37/h9-32H,1-8H3. The van der Waals surface area contributed by atoms with Crippen LogP contribution in [0.3, 0.4) is 0 Å². The number of nitrogens with zero attached hydrogens (tertiary/aromatic N) is 2. The van der Waals surface area contributed by atoms with E-state index in [0.717, 1.165) is 0 Å². The SMILES string of the molecule is CC1(C)C2=c3ccccc3=CC2=Cc2c(-c3ccc4c(c3)c3cc5c(cc3n4-c3ccccc3)C(C)(C)C(C)(C)C5(C)C)c3ccn(-c4ccccc4)cc-3c21. The highest BCUT2D eigenvalue weighted by Crippen LogP contribution is 2.62. The predicted molar refractivity (Wildman–Crippen MR) is 237 cm³/mol. The number of pyridine rings is 1. The molecule has 0 atom stereocenters. The molecule has 2 heteroatoms. The van der Waals surface area contributed by atoms with Crippen LogP contribution in [0.1, 0.15) is 77.6 Å². The highest BCUT2D eigenvalue weighted by atomic mass is 15.0.